The predicted octanol–water partition coefficient (Wildman–Crippen LogP) is 4.02. The first-order chi connectivity index (χ1) is 14.1. The minimum Gasteiger partial charge on any atom is -0.450 e. The Bertz CT molecular complexity index is 799. The zero-order valence-corrected chi connectivity index (χ0v) is 18.8. The molecule has 0 aliphatic heterocycles. The summed E-state index contributed by atoms with van der Waals surface area (Å²) in [4.78, 5) is 37.7. The molecule has 3 saturated carbocycles. The van der Waals surface area contributed by atoms with Gasteiger partial charge in [-0.05, 0) is 55.3 Å². The number of rotatable bonds is 4. The molecule has 5 heteroatoms. The molecule has 0 saturated heterocycles. The van der Waals surface area contributed by atoms with Crippen molar-refractivity contribution in [3.63, 3.8) is 0 Å². The summed E-state index contributed by atoms with van der Waals surface area (Å²) in [5.74, 6) is 0.548. The van der Waals surface area contributed by atoms with E-state index in [-0.39, 0.29) is 35.4 Å². The highest BCUT2D eigenvalue weighted by atomic mass is 16.6. The van der Waals surface area contributed by atoms with Crippen LogP contribution >= 0.6 is 0 Å². The van der Waals surface area contributed by atoms with Crippen molar-refractivity contribution < 1.29 is 24.2 Å². The average Bonchev–Trinajstić information content (AvgIpc) is 2.95. The van der Waals surface area contributed by atoms with Crippen molar-refractivity contribution in [3.8, 4) is 0 Å². The number of aliphatic hydroxyl groups excluding tert-OH is 1. The predicted molar refractivity (Wildman–Crippen MR) is 112 cm³/mol. The number of ether oxygens (including phenoxy) is 1. The minimum absolute atomic E-state index is 0.0632. The van der Waals surface area contributed by atoms with Crippen molar-refractivity contribution in [2.24, 2.45) is 34.5 Å². The van der Waals surface area contributed by atoms with E-state index in [0.29, 0.717) is 36.9 Å². The molecule has 4 aliphatic carbocycles. The first-order valence-electron chi connectivity index (χ1n) is 11.7. The molecule has 3 fully saturated rings. The van der Waals surface area contributed by atoms with Crippen LogP contribution in [0, 0.1) is 34.5 Å². The van der Waals surface area contributed by atoms with Crippen LogP contribution in [0.5, 0.6) is 0 Å². The summed E-state index contributed by atoms with van der Waals surface area (Å²) < 4.78 is 5.99. The van der Waals surface area contributed by atoms with Crippen molar-refractivity contribution in [2.45, 2.75) is 84.7 Å². The summed E-state index contributed by atoms with van der Waals surface area (Å²) in [7, 11) is 0. The Kier molecular flexibility index (Phi) is 5.28. The zero-order valence-electron chi connectivity index (χ0n) is 18.8. The second-order valence-corrected chi connectivity index (χ2v) is 10.7. The number of aliphatic hydroxyl groups is 1. The molecule has 0 aromatic carbocycles. The van der Waals surface area contributed by atoms with Crippen LogP contribution in [0.4, 0.5) is 0 Å². The minimum atomic E-state index is -1.26. The van der Waals surface area contributed by atoms with E-state index < -0.39 is 17.6 Å². The number of ketones is 2. The van der Waals surface area contributed by atoms with Crippen LogP contribution in [-0.4, -0.2) is 34.9 Å². The monoisotopic (exact) mass is 416 g/mol. The normalized spacial score (nSPS) is 45.1. The van der Waals surface area contributed by atoms with Gasteiger partial charge >= 0.3 is 5.97 Å². The van der Waals surface area contributed by atoms with E-state index in [9.17, 15) is 19.5 Å². The van der Waals surface area contributed by atoms with Crippen molar-refractivity contribution >= 4 is 17.5 Å². The third-order valence-electron chi connectivity index (χ3n) is 9.50. The molecule has 0 bridgehead atoms. The molecule has 5 nitrogen and oxygen atoms in total. The van der Waals surface area contributed by atoms with Gasteiger partial charge in [-0.25, -0.2) is 0 Å². The molecular weight excluding hydrogens is 380 g/mol. The first kappa shape index (κ1) is 21.7. The SMILES string of the molecule is CCC(=O)O[C@]1(C(=O)CO)C(C)C[C@H]2[C@@H]3CCC4CC(=O)CC[C@]4(C)C3=CC[C@@]21C. The molecule has 0 heterocycles. The second kappa shape index (κ2) is 7.29. The fourth-order valence-electron chi connectivity index (χ4n) is 7.88. The number of carbonyl (C=O) groups excluding carboxylic acids is 3. The molecule has 0 amide bonds. The summed E-state index contributed by atoms with van der Waals surface area (Å²) in [5.41, 5.74) is -0.232. The van der Waals surface area contributed by atoms with Crippen LogP contribution in [0.25, 0.3) is 0 Å². The van der Waals surface area contributed by atoms with Gasteiger partial charge in [-0.3, -0.25) is 14.4 Å². The van der Waals surface area contributed by atoms with Gasteiger partial charge in [-0.15, -0.1) is 0 Å². The molecule has 0 aromatic rings. The molecule has 0 spiro atoms. The van der Waals surface area contributed by atoms with E-state index in [1.165, 1.54) is 5.57 Å². The average molecular weight is 417 g/mol. The smallest absolute Gasteiger partial charge is 0.306 e. The Hall–Kier alpha value is -1.49. The van der Waals surface area contributed by atoms with E-state index in [4.69, 9.17) is 4.74 Å². The van der Waals surface area contributed by atoms with Crippen LogP contribution in [0.3, 0.4) is 0 Å². The lowest BCUT2D eigenvalue weighted by Gasteiger charge is -2.57. The molecule has 2 unspecified atom stereocenters. The second-order valence-electron chi connectivity index (χ2n) is 10.7. The lowest BCUT2D eigenvalue weighted by Crippen LogP contribution is -2.60. The van der Waals surface area contributed by atoms with Gasteiger partial charge in [0, 0.05) is 30.6 Å². The van der Waals surface area contributed by atoms with Crippen LogP contribution in [0.15, 0.2) is 11.6 Å². The molecule has 4 aliphatic rings. The molecule has 30 heavy (non-hydrogen) atoms. The van der Waals surface area contributed by atoms with Gasteiger partial charge in [0.05, 0.1) is 0 Å². The first-order valence-corrected chi connectivity index (χ1v) is 11.7. The Labute approximate surface area is 179 Å². The van der Waals surface area contributed by atoms with Crippen molar-refractivity contribution in [3.05, 3.63) is 11.6 Å². The topological polar surface area (TPSA) is 80.7 Å². The summed E-state index contributed by atoms with van der Waals surface area (Å²) in [6.45, 7) is 7.58. The van der Waals surface area contributed by atoms with Gasteiger partial charge in [0.1, 0.15) is 12.4 Å². The van der Waals surface area contributed by atoms with Gasteiger partial charge in [0.25, 0.3) is 0 Å². The van der Waals surface area contributed by atoms with Crippen molar-refractivity contribution in [2.75, 3.05) is 6.61 Å². The Balaban J connectivity index is 1.77. The maximum Gasteiger partial charge on any atom is 0.306 e. The van der Waals surface area contributed by atoms with Crippen molar-refractivity contribution in [1.29, 1.82) is 0 Å². The molecule has 7 atom stereocenters. The Morgan fingerprint density at radius 1 is 1.27 bits per heavy atom. The molecule has 4 rings (SSSR count). The number of hydrogen-bond acceptors (Lipinski definition) is 5. The maximum absolute atomic E-state index is 13.2. The maximum atomic E-state index is 13.2. The van der Waals surface area contributed by atoms with Crippen LogP contribution < -0.4 is 0 Å². The fraction of sp³-hybridized carbons (Fsp3) is 0.800. The lowest BCUT2D eigenvalue weighted by atomic mass is 9.48. The van der Waals surface area contributed by atoms with Gasteiger partial charge in [0.2, 0.25) is 5.78 Å². The van der Waals surface area contributed by atoms with Gasteiger partial charge in [-0.1, -0.05) is 39.3 Å². The number of Topliss-reactive ketones (excluding diaryl/α,β-unsaturated/α-hetero) is 2. The summed E-state index contributed by atoms with van der Waals surface area (Å²) in [6, 6.07) is 0. The van der Waals surface area contributed by atoms with Crippen LogP contribution in [-0.2, 0) is 19.1 Å². The number of esters is 1. The molecular formula is C25H36O5. The molecule has 0 radical (unpaired) electrons. The quantitative estimate of drug-likeness (QED) is 0.553. The Morgan fingerprint density at radius 2 is 2.00 bits per heavy atom. The largest absolute Gasteiger partial charge is 0.450 e. The van der Waals surface area contributed by atoms with Gasteiger partial charge in [-0.2, -0.15) is 0 Å². The Morgan fingerprint density at radius 3 is 2.67 bits per heavy atom. The zero-order chi connectivity index (χ0) is 21.9. The number of carbonyl (C=O) groups is 3. The number of fused-ring (bicyclic) bond motifs is 5. The highest BCUT2D eigenvalue weighted by molar-refractivity contribution is 5.92. The standard InChI is InChI=1S/C25H36O5/c1-5-22(29)30-25(21(28)14-26)15(2)12-20-18-7-6-16-13-17(27)8-10-23(16,3)19(18)9-11-24(20,25)4/h9,15-16,18,20,26H,5-8,10-14H2,1-4H3/t15?,16?,18-,20+,23+,24+,25+/m1/s1. The van der Waals surface area contributed by atoms with E-state index in [0.717, 1.165) is 25.7 Å². The van der Waals surface area contributed by atoms with E-state index >= 15 is 0 Å². The summed E-state index contributed by atoms with van der Waals surface area (Å²) in [6.07, 6.45) is 8.37. The lowest BCUT2D eigenvalue weighted by molar-refractivity contribution is -0.190. The molecule has 166 valence electrons. The van der Waals surface area contributed by atoms with Crippen molar-refractivity contribution in [1.82, 2.24) is 0 Å². The van der Waals surface area contributed by atoms with E-state index in [1.54, 1.807) is 6.92 Å². The number of allylic oxidation sites excluding steroid dienone is 2. The van der Waals surface area contributed by atoms with Gasteiger partial charge in [0.15, 0.2) is 5.60 Å². The van der Waals surface area contributed by atoms with Gasteiger partial charge < -0.3 is 9.84 Å². The molecule has 0 aromatic heterocycles. The van der Waals surface area contributed by atoms with E-state index in [2.05, 4.69) is 19.9 Å². The van der Waals surface area contributed by atoms with Crippen LogP contribution in [0.2, 0.25) is 0 Å². The summed E-state index contributed by atoms with van der Waals surface area (Å²) >= 11 is 0. The fourth-order valence-corrected chi connectivity index (χ4v) is 7.88. The number of hydrogen-bond donors (Lipinski definition) is 1. The summed E-state index contributed by atoms with van der Waals surface area (Å²) in [5, 5.41) is 9.83. The van der Waals surface area contributed by atoms with E-state index in [1.807, 2.05) is 6.92 Å². The third-order valence-corrected chi connectivity index (χ3v) is 9.50. The highest BCUT2D eigenvalue weighted by Gasteiger charge is 2.70. The third kappa shape index (κ3) is 2.73. The van der Waals surface area contributed by atoms with Crippen LogP contribution in [0.1, 0.15) is 79.1 Å². The highest BCUT2D eigenvalue weighted by Crippen LogP contribution is 2.68. The molecule has 1 N–H and O–H groups in total.